The normalized spacial score (nSPS) is 9.52. The molecule has 0 aliphatic rings. The van der Waals surface area contributed by atoms with E-state index in [9.17, 15) is 19.5 Å². The first kappa shape index (κ1) is 21.7. The Labute approximate surface area is 157 Å². The van der Waals surface area contributed by atoms with Crippen LogP contribution in [0, 0.1) is 13.8 Å². The number of hydrogen-bond donors (Lipinski definition) is 1. The molecule has 0 aromatic heterocycles. The molecule has 2 rings (SSSR count). The first-order valence-corrected chi connectivity index (χ1v) is 7.95. The highest BCUT2D eigenvalue weighted by Crippen LogP contribution is 2.20. The molecule has 144 valence electrons. The van der Waals surface area contributed by atoms with Gasteiger partial charge < -0.3 is 19.3 Å². The highest BCUT2D eigenvalue weighted by atomic mass is 16.5. The zero-order valence-corrected chi connectivity index (χ0v) is 15.9. The monoisotopic (exact) mass is 374 g/mol. The summed E-state index contributed by atoms with van der Waals surface area (Å²) in [4.78, 5) is 32.9. The molecule has 2 aromatic carbocycles. The van der Waals surface area contributed by atoms with Crippen molar-refractivity contribution in [3.05, 3.63) is 58.7 Å². The molecule has 0 bridgehead atoms. The molecule has 7 nitrogen and oxygen atoms in total. The summed E-state index contributed by atoms with van der Waals surface area (Å²) < 4.78 is 14.0. The summed E-state index contributed by atoms with van der Waals surface area (Å²) in [6.07, 6.45) is 0. The van der Waals surface area contributed by atoms with E-state index in [0.717, 1.165) is 11.1 Å². The predicted molar refractivity (Wildman–Crippen MR) is 98.0 cm³/mol. The molecule has 0 spiro atoms. The van der Waals surface area contributed by atoms with E-state index in [1.54, 1.807) is 38.1 Å². The maximum absolute atomic E-state index is 11.2. The lowest BCUT2D eigenvalue weighted by Crippen LogP contribution is -2.06. The summed E-state index contributed by atoms with van der Waals surface area (Å²) in [5.74, 6) is -0.822. The van der Waals surface area contributed by atoms with Crippen molar-refractivity contribution in [3.8, 4) is 11.5 Å². The Kier molecular flexibility index (Phi) is 8.00. The second kappa shape index (κ2) is 9.96. The Morgan fingerprint density at radius 3 is 1.74 bits per heavy atom. The molecule has 0 aliphatic heterocycles. The second-order valence-electron chi connectivity index (χ2n) is 5.56. The summed E-state index contributed by atoms with van der Waals surface area (Å²) in [6.45, 7) is 4.86. The number of phenolic OH excluding ortho intramolecular Hbond substituents is 1. The number of phenols is 1. The van der Waals surface area contributed by atoms with Crippen molar-refractivity contribution in [1.82, 2.24) is 0 Å². The molecular formula is C20H22O7. The van der Waals surface area contributed by atoms with Gasteiger partial charge in [0.1, 0.15) is 11.5 Å². The Morgan fingerprint density at radius 2 is 1.30 bits per heavy atom. The highest BCUT2D eigenvalue weighted by Gasteiger charge is 2.10. The SMILES string of the molecule is COC(=O)c1ccc(C)c(O)c1.COC(=O)c1ccc(C)c(OC(C)=O)c1. The van der Waals surface area contributed by atoms with E-state index in [0.29, 0.717) is 16.9 Å². The minimum atomic E-state index is -0.455. The van der Waals surface area contributed by atoms with Crippen molar-refractivity contribution in [2.24, 2.45) is 0 Å². The topological polar surface area (TPSA) is 99.1 Å². The third-order valence-electron chi connectivity index (χ3n) is 3.49. The summed E-state index contributed by atoms with van der Waals surface area (Å²) in [5, 5.41) is 9.24. The number of ether oxygens (including phenoxy) is 3. The Balaban J connectivity index is 0.000000277. The Morgan fingerprint density at radius 1 is 0.815 bits per heavy atom. The second-order valence-corrected chi connectivity index (χ2v) is 5.56. The van der Waals surface area contributed by atoms with E-state index in [-0.39, 0.29) is 5.75 Å². The fraction of sp³-hybridized carbons (Fsp3) is 0.250. The van der Waals surface area contributed by atoms with Crippen LogP contribution in [0.15, 0.2) is 36.4 Å². The zero-order valence-electron chi connectivity index (χ0n) is 15.9. The van der Waals surface area contributed by atoms with Crippen LogP contribution in [0.25, 0.3) is 0 Å². The van der Waals surface area contributed by atoms with Gasteiger partial charge in [0.2, 0.25) is 0 Å². The first-order valence-electron chi connectivity index (χ1n) is 7.95. The van der Waals surface area contributed by atoms with Gasteiger partial charge in [0.05, 0.1) is 25.3 Å². The lowest BCUT2D eigenvalue weighted by Gasteiger charge is -2.06. The van der Waals surface area contributed by atoms with Crippen molar-refractivity contribution in [3.63, 3.8) is 0 Å². The van der Waals surface area contributed by atoms with Crippen LogP contribution in [0.4, 0.5) is 0 Å². The molecule has 7 heteroatoms. The lowest BCUT2D eigenvalue weighted by atomic mass is 10.1. The largest absolute Gasteiger partial charge is 0.508 e. The van der Waals surface area contributed by atoms with E-state index < -0.39 is 17.9 Å². The molecule has 0 fully saturated rings. The molecular weight excluding hydrogens is 352 g/mol. The number of carbonyl (C=O) groups is 3. The lowest BCUT2D eigenvalue weighted by molar-refractivity contribution is -0.131. The van der Waals surface area contributed by atoms with Gasteiger partial charge in [0, 0.05) is 6.92 Å². The summed E-state index contributed by atoms with van der Waals surface area (Å²) in [5.41, 5.74) is 2.25. The summed E-state index contributed by atoms with van der Waals surface area (Å²) in [6, 6.07) is 9.48. The Hall–Kier alpha value is -3.35. The van der Waals surface area contributed by atoms with Gasteiger partial charge in [-0.3, -0.25) is 4.79 Å². The number of aryl methyl sites for hydroxylation is 2. The molecule has 0 saturated carbocycles. The minimum absolute atomic E-state index is 0.109. The van der Waals surface area contributed by atoms with Crippen LogP contribution in [0.2, 0.25) is 0 Å². The van der Waals surface area contributed by atoms with Crippen LogP contribution in [0.5, 0.6) is 11.5 Å². The van der Waals surface area contributed by atoms with Crippen LogP contribution >= 0.6 is 0 Å². The zero-order chi connectivity index (χ0) is 20.6. The van der Waals surface area contributed by atoms with Crippen LogP contribution < -0.4 is 4.74 Å². The highest BCUT2D eigenvalue weighted by molar-refractivity contribution is 5.90. The fourth-order valence-electron chi connectivity index (χ4n) is 1.96. The molecule has 0 saturated heterocycles. The fourth-order valence-corrected chi connectivity index (χ4v) is 1.96. The maximum atomic E-state index is 11.2. The van der Waals surface area contributed by atoms with Gasteiger partial charge in [0.15, 0.2) is 0 Å². The number of carbonyl (C=O) groups excluding carboxylic acids is 3. The molecule has 0 aliphatic carbocycles. The number of aromatic hydroxyl groups is 1. The van der Waals surface area contributed by atoms with Gasteiger partial charge >= 0.3 is 17.9 Å². The molecule has 0 atom stereocenters. The van der Waals surface area contributed by atoms with Gasteiger partial charge in [-0.1, -0.05) is 12.1 Å². The van der Waals surface area contributed by atoms with Crippen LogP contribution in [-0.2, 0) is 14.3 Å². The average Bonchev–Trinajstić information content (AvgIpc) is 2.64. The molecule has 27 heavy (non-hydrogen) atoms. The van der Waals surface area contributed by atoms with Gasteiger partial charge in [-0.15, -0.1) is 0 Å². The molecule has 0 unspecified atom stereocenters. The van der Waals surface area contributed by atoms with Crippen molar-refractivity contribution < 1.29 is 33.7 Å². The van der Waals surface area contributed by atoms with Crippen molar-refractivity contribution in [2.75, 3.05) is 14.2 Å². The third kappa shape index (κ3) is 6.47. The van der Waals surface area contributed by atoms with E-state index in [1.807, 2.05) is 0 Å². The van der Waals surface area contributed by atoms with Crippen molar-refractivity contribution in [2.45, 2.75) is 20.8 Å². The van der Waals surface area contributed by atoms with Crippen molar-refractivity contribution >= 4 is 17.9 Å². The molecule has 0 amide bonds. The van der Waals surface area contributed by atoms with Crippen LogP contribution in [-0.4, -0.2) is 37.2 Å². The Bertz CT molecular complexity index is 840. The molecule has 1 N–H and O–H groups in total. The van der Waals surface area contributed by atoms with E-state index in [2.05, 4.69) is 9.47 Å². The summed E-state index contributed by atoms with van der Waals surface area (Å²) >= 11 is 0. The third-order valence-corrected chi connectivity index (χ3v) is 3.49. The first-order chi connectivity index (χ1) is 12.7. The van der Waals surface area contributed by atoms with Crippen LogP contribution in [0.1, 0.15) is 38.8 Å². The number of hydrogen-bond acceptors (Lipinski definition) is 7. The molecule has 2 aromatic rings. The van der Waals surface area contributed by atoms with E-state index in [4.69, 9.17) is 4.74 Å². The van der Waals surface area contributed by atoms with Crippen LogP contribution in [0.3, 0.4) is 0 Å². The van der Waals surface area contributed by atoms with Gasteiger partial charge in [-0.05, 0) is 49.2 Å². The molecule has 0 heterocycles. The average molecular weight is 374 g/mol. The number of benzene rings is 2. The summed E-state index contributed by atoms with van der Waals surface area (Å²) in [7, 11) is 2.60. The standard InChI is InChI=1S/C11H12O4.C9H10O3/c1-7-4-5-9(11(13)14-3)6-10(7)15-8(2)12;1-6-3-4-7(5-8(6)10)9(11)12-2/h4-6H,1-3H3;3-5,10H,1-2H3. The molecule has 0 radical (unpaired) electrons. The minimum Gasteiger partial charge on any atom is -0.508 e. The number of esters is 3. The van der Waals surface area contributed by atoms with E-state index >= 15 is 0 Å². The van der Waals surface area contributed by atoms with Crippen molar-refractivity contribution in [1.29, 1.82) is 0 Å². The van der Waals surface area contributed by atoms with E-state index in [1.165, 1.54) is 33.3 Å². The smallest absolute Gasteiger partial charge is 0.337 e. The van der Waals surface area contributed by atoms with Gasteiger partial charge in [-0.2, -0.15) is 0 Å². The maximum Gasteiger partial charge on any atom is 0.337 e. The van der Waals surface area contributed by atoms with Gasteiger partial charge in [0.25, 0.3) is 0 Å². The quantitative estimate of drug-likeness (QED) is 0.650. The number of methoxy groups -OCH3 is 2. The van der Waals surface area contributed by atoms with Gasteiger partial charge in [-0.25, -0.2) is 9.59 Å². The predicted octanol–water partition coefficient (Wildman–Crippen LogP) is 3.19. The number of rotatable bonds is 3.